The number of carbonyl (C=O) groups excluding carboxylic acids is 1. The summed E-state index contributed by atoms with van der Waals surface area (Å²) < 4.78 is 5.10. The van der Waals surface area contributed by atoms with Gasteiger partial charge >= 0.3 is 6.09 Å². The number of amides is 1. The van der Waals surface area contributed by atoms with E-state index in [1.165, 1.54) is 0 Å². The maximum Gasteiger partial charge on any atom is 0.407 e. The molecule has 1 aliphatic rings. The fourth-order valence-corrected chi connectivity index (χ4v) is 1.38. The fraction of sp³-hybridized carbons (Fsp3) is 0.900. The van der Waals surface area contributed by atoms with E-state index in [9.17, 15) is 4.79 Å². The molecule has 4 nitrogen and oxygen atoms in total. The Morgan fingerprint density at radius 2 is 2.14 bits per heavy atom. The third-order valence-corrected chi connectivity index (χ3v) is 2.28. The molecule has 0 aromatic rings. The summed E-state index contributed by atoms with van der Waals surface area (Å²) in [6, 6.07) is 0. The second-order valence-electron chi connectivity index (χ2n) is 4.87. The van der Waals surface area contributed by atoms with Crippen LogP contribution in [0.4, 0.5) is 4.79 Å². The van der Waals surface area contributed by atoms with Gasteiger partial charge in [0.25, 0.3) is 0 Å². The minimum Gasteiger partial charge on any atom is -0.444 e. The lowest BCUT2D eigenvalue weighted by atomic mass is 10.2. The monoisotopic (exact) mass is 200 g/mol. The van der Waals surface area contributed by atoms with Crippen LogP contribution in [0.25, 0.3) is 0 Å². The molecule has 0 aromatic heterocycles. The molecule has 1 aliphatic carbocycles. The zero-order chi connectivity index (χ0) is 10.8. The van der Waals surface area contributed by atoms with Crippen LogP contribution in [0.5, 0.6) is 0 Å². The Balaban J connectivity index is 2.10. The first-order valence-corrected chi connectivity index (χ1v) is 5.09. The SMILES string of the molecule is CC(C)(C)OC(=O)NCC1CC1CN. The van der Waals surface area contributed by atoms with Crippen molar-refractivity contribution in [3.8, 4) is 0 Å². The van der Waals surface area contributed by atoms with E-state index in [1.807, 2.05) is 20.8 Å². The van der Waals surface area contributed by atoms with Gasteiger partial charge < -0.3 is 15.8 Å². The smallest absolute Gasteiger partial charge is 0.407 e. The Hall–Kier alpha value is -0.770. The van der Waals surface area contributed by atoms with Gasteiger partial charge in [0.05, 0.1) is 0 Å². The molecule has 82 valence electrons. The highest BCUT2D eigenvalue weighted by molar-refractivity contribution is 5.67. The highest BCUT2D eigenvalue weighted by atomic mass is 16.6. The quantitative estimate of drug-likeness (QED) is 0.717. The van der Waals surface area contributed by atoms with Gasteiger partial charge in [-0.1, -0.05) is 0 Å². The van der Waals surface area contributed by atoms with Crippen LogP contribution >= 0.6 is 0 Å². The summed E-state index contributed by atoms with van der Waals surface area (Å²) >= 11 is 0. The molecule has 2 unspecified atom stereocenters. The molecule has 1 amide bonds. The number of ether oxygens (including phenoxy) is 1. The third-order valence-electron chi connectivity index (χ3n) is 2.28. The van der Waals surface area contributed by atoms with Gasteiger partial charge in [-0.25, -0.2) is 4.79 Å². The van der Waals surface area contributed by atoms with Gasteiger partial charge in [-0.05, 0) is 45.6 Å². The van der Waals surface area contributed by atoms with E-state index >= 15 is 0 Å². The average molecular weight is 200 g/mol. The number of carbonyl (C=O) groups is 1. The van der Waals surface area contributed by atoms with Crippen LogP contribution in [0, 0.1) is 11.8 Å². The Morgan fingerprint density at radius 1 is 1.50 bits per heavy atom. The van der Waals surface area contributed by atoms with Gasteiger partial charge in [-0.2, -0.15) is 0 Å². The number of nitrogens with two attached hydrogens (primary N) is 1. The summed E-state index contributed by atoms with van der Waals surface area (Å²) in [5.74, 6) is 1.16. The molecule has 1 rings (SSSR count). The number of rotatable bonds is 3. The van der Waals surface area contributed by atoms with Crippen LogP contribution < -0.4 is 11.1 Å². The molecular formula is C10H20N2O2. The fourth-order valence-electron chi connectivity index (χ4n) is 1.38. The number of hydrogen-bond donors (Lipinski definition) is 2. The van der Waals surface area contributed by atoms with Gasteiger partial charge in [0, 0.05) is 6.54 Å². The largest absolute Gasteiger partial charge is 0.444 e. The third kappa shape index (κ3) is 3.96. The summed E-state index contributed by atoms with van der Waals surface area (Å²) in [5, 5.41) is 2.75. The molecule has 1 fully saturated rings. The summed E-state index contributed by atoms with van der Waals surface area (Å²) in [4.78, 5) is 11.2. The molecule has 4 heteroatoms. The van der Waals surface area contributed by atoms with Gasteiger partial charge in [-0.3, -0.25) is 0 Å². The molecule has 0 bridgehead atoms. The number of nitrogens with one attached hydrogen (secondary N) is 1. The van der Waals surface area contributed by atoms with Crippen molar-refractivity contribution in [2.45, 2.75) is 32.8 Å². The van der Waals surface area contributed by atoms with Crippen molar-refractivity contribution in [2.75, 3.05) is 13.1 Å². The molecule has 0 aliphatic heterocycles. The normalized spacial score (nSPS) is 25.7. The molecule has 0 radical (unpaired) electrons. The van der Waals surface area contributed by atoms with E-state index in [4.69, 9.17) is 10.5 Å². The second kappa shape index (κ2) is 4.17. The van der Waals surface area contributed by atoms with Crippen molar-refractivity contribution in [1.82, 2.24) is 5.32 Å². The molecule has 0 spiro atoms. The van der Waals surface area contributed by atoms with Crippen molar-refractivity contribution in [1.29, 1.82) is 0 Å². The predicted octanol–water partition coefficient (Wildman–Crippen LogP) is 1.11. The Labute approximate surface area is 85.2 Å². The van der Waals surface area contributed by atoms with Gasteiger partial charge in [-0.15, -0.1) is 0 Å². The molecule has 2 atom stereocenters. The van der Waals surface area contributed by atoms with Gasteiger partial charge in [0.15, 0.2) is 0 Å². The zero-order valence-corrected chi connectivity index (χ0v) is 9.17. The molecule has 3 N–H and O–H groups in total. The van der Waals surface area contributed by atoms with E-state index in [0.29, 0.717) is 18.4 Å². The van der Waals surface area contributed by atoms with E-state index in [-0.39, 0.29) is 6.09 Å². The molecule has 14 heavy (non-hydrogen) atoms. The van der Waals surface area contributed by atoms with Gasteiger partial charge in [0.1, 0.15) is 5.60 Å². The van der Waals surface area contributed by atoms with Crippen LogP contribution in [-0.2, 0) is 4.74 Å². The molecule has 0 heterocycles. The standard InChI is InChI=1S/C10H20N2O2/c1-10(2,3)14-9(13)12-6-8-4-7(8)5-11/h7-8H,4-6,11H2,1-3H3,(H,12,13). The minimum absolute atomic E-state index is 0.333. The zero-order valence-electron chi connectivity index (χ0n) is 9.17. The maximum absolute atomic E-state index is 11.2. The van der Waals surface area contributed by atoms with E-state index in [1.54, 1.807) is 0 Å². The highest BCUT2D eigenvalue weighted by Crippen LogP contribution is 2.36. The van der Waals surface area contributed by atoms with Crippen LogP contribution in [0.1, 0.15) is 27.2 Å². The highest BCUT2D eigenvalue weighted by Gasteiger charge is 2.35. The minimum atomic E-state index is -0.416. The Kier molecular flexibility index (Phi) is 3.37. The lowest BCUT2D eigenvalue weighted by molar-refractivity contribution is 0.0524. The summed E-state index contributed by atoms with van der Waals surface area (Å²) in [6.45, 7) is 6.97. The first-order valence-electron chi connectivity index (χ1n) is 5.09. The Morgan fingerprint density at radius 3 is 2.57 bits per heavy atom. The molecule has 0 saturated heterocycles. The predicted molar refractivity (Wildman–Crippen MR) is 54.9 cm³/mol. The van der Waals surface area contributed by atoms with Crippen LogP contribution in [0.15, 0.2) is 0 Å². The maximum atomic E-state index is 11.2. The first-order chi connectivity index (χ1) is 6.42. The van der Waals surface area contributed by atoms with E-state index in [2.05, 4.69) is 5.32 Å². The van der Waals surface area contributed by atoms with Crippen molar-refractivity contribution in [2.24, 2.45) is 17.6 Å². The first kappa shape index (κ1) is 11.3. The van der Waals surface area contributed by atoms with Crippen LogP contribution in [-0.4, -0.2) is 24.8 Å². The number of alkyl carbamates (subject to hydrolysis) is 1. The summed E-state index contributed by atoms with van der Waals surface area (Å²) in [5.41, 5.74) is 5.07. The summed E-state index contributed by atoms with van der Waals surface area (Å²) in [6.07, 6.45) is 0.798. The summed E-state index contributed by atoms with van der Waals surface area (Å²) in [7, 11) is 0. The van der Waals surface area contributed by atoms with Gasteiger partial charge in [0.2, 0.25) is 0 Å². The molecular weight excluding hydrogens is 180 g/mol. The van der Waals surface area contributed by atoms with E-state index in [0.717, 1.165) is 13.0 Å². The molecule has 0 aromatic carbocycles. The average Bonchev–Trinajstić information content (AvgIpc) is 2.76. The van der Waals surface area contributed by atoms with Crippen molar-refractivity contribution < 1.29 is 9.53 Å². The number of hydrogen-bond acceptors (Lipinski definition) is 3. The van der Waals surface area contributed by atoms with E-state index < -0.39 is 5.60 Å². The Bertz CT molecular complexity index is 211. The topological polar surface area (TPSA) is 64.3 Å². The van der Waals surface area contributed by atoms with Crippen molar-refractivity contribution >= 4 is 6.09 Å². The lowest BCUT2D eigenvalue weighted by Gasteiger charge is -2.19. The van der Waals surface area contributed by atoms with Crippen molar-refractivity contribution in [3.63, 3.8) is 0 Å². The molecule has 1 saturated carbocycles. The lowest BCUT2D eigenvalue weighted by Crippen LogP contribution is -2.33. The second-order valence-corrected chi connectivity index (χ2v) is 4.87. The van der Waals surface area contributed by atoms with Crippen LogP contribution in [0.3, 0.4) is 0 Å². The van der Waals surface area contributed by atoms with Crippen molar-refractivity contribution in [3.05, 3.63) is 0 Å². The van der Waals surface area contributed by atoms with Crippen LogP contribution in [0.2, 0.25) is 0 Å².